The van der Waals surface area contributed by atoms with E-state index in [0.717, 1.165) is 18.8 Å². The number of nitro groups is 1. The van der Waals surface area contributed by atoms with E-state index < -0.39 is 4.92 Å². The maximum absolute atomic E-state index is 12.0. The van der Waals surface area contributed by atoms with Gasteiger partial charge in [0.05, 0.1) is 9.40 Å². The van der Waals surface area contributed by atoms with Crippen molar-refractivity contribution in [1.29, 1.82) is 0 Å². The average Bonchev–Trinajstić information content (AvgIpc) is 2.82. The summed E-state index contributed by atoms with van der Waals surface area (Å²) in [6.45, 7) is 2.87. The fraction of sp³-hybridized carbons (Fsp3) is 0.500. The largest absolute Gasteiger partial charge is 0.352 e. The van der Waals surface area contributed by atoms with Gasteiger partial charge in [0.2, 0.25) is 0 Å². The molecule has 20 heavy (non-hydrogen) atoms. The molecule has 2 rings (SSSR count). The molecule has 1 fully saturated rings. The molecule has 0 heterocycles. The van der Waals surface area contributed by atoms with Gasteiger partial charge in [0, 0.05) is 18.2 Å². The Kier molecular flexibility index (Phi) is 4.75. The van der Waals surface area contributed by atoms with Crippen molar-refractivity contribution in [1.82, 2.24) is 5.32 Å². The normalized spacial score (nSPS) is 21.7. The van der Waals surface area contributed by atoms with Gasteiger partial charge in [-0.3, -0.25) is 14.9 Å². The van der Waals surface area contributed by atoms with Gasteiger partial charge in [0.25, 0.3) is 11.6 Å². The van der Waals surface area contributed by atoms with Gasteiger partial charge >= 0.3 is 0 Å². The Balaban J connectivity index is 1.99. The molecule has 1 N–H and O–H groups in total. The number of amides is 1. The van der Waals surface area contributed by atoms with Crippen LogP contribution in [0.25, 0.3) is 0 Å². The van der Waals surface area contributed by atoms with Crippen LogP contribution in [0.2, 0.25) is 0 Å². The first-order valence-electron chi connectivity index (χ1n) is 6.69. The van der Waals surface area contributed by atoms with Crippen LogP contribution in [0.1, 0.15) is 36.5 Å². The molecule has 0 spiro atoms. The molecule has 108 valence electrons. The summed E-state index contributed by atoms with van der Waals surface area (Å²) >= 11 is 3.11. The number of hydrogen-bond acceptors (Lipinski definition) is 3. The van der Waals surface area contributed by atoms with E-state index in [-0.39, 0.29) is 11.6 Å². The number of halogens is 1. The minimum absolute atomic E-state index is 0.0906. The van der Waals surface area contributed by atoms with E-state index in [2.05, 4.69) is 28.2 Å². The number of nitrogens with one attached hydrogen (secondary N) is 1. The maximum atomic E-state index is 12.0. The van der Waals surface area contributed by atoms with Crippen molar-refractivity contribution in [3.8, 4) is 0 Å². The van der Waals surface area contributed by atoms with Gasteiger partial charge in [-0.05, 0) is 52.7 Å². The van der Waals surface area contributed by atoms with Crippen molar-refractivity contribution in [3.05, 3.63) is 38.3 Å². The van der Waals surface area contributed by atoms with Crippen LogP contribution in [-0.2, 0) is 0 Å². The second kappa shape index (κ2) is 6.35. The lowest BCUT2D eigenvalue weighted by atomic mass is 10.1. The zero-order valence-electron chi connectivity index (χ0n) is 11.3. The lowest BCUT2D eigenvalue weighted by molar-refractivity contribution is -0.385. The van der Waals surface area contributed by atoms with E-state index in [1.54, 1.807) is 6.07 Å². The fourth-order valence-electron chi connectivity index (χ4n) is 2.64. The molecule has 6 heteroatoms. The number of hydrogen-bond donors (Lipinski definition) is 1. The van der Waals surface area contributed by atoms with Gasteiger partial charge in [0.1, 0.15) is 0 Å². The predicted molar refractivity (Wildman–Crippen MR) is 79.6 cm³/mol. The van der Waals surface area contributed by atoms with Gasteiger partial charge in [-0.1, -0.05) is 13.3 Å². The number of benzene rings is 1. The SMILES string of the molecule is CC1CCC(CNC(=O)c2ccc(Br)c([N+](=O)[O-])c2)C1. The molecule has 2 unspecified atom stereocenters. The zero-order valence-corrected chi connectivity index (χ0v) is 12.9. The van der Waals surface area contributed by atoms with E-state index in [0.29, 0.717) is 22.5 Å². The van der Waals surface area contributed by atoms with E-state index >= 15 is 0 Å². The lowest BCUT2D eigenvalue weighted by Gasteiger charge is -2.11. The average molecular weight is 341 g/mol. The Morgan fingerprint density at radius 1 is 1.50 bits per heavy atom. The summed E-state index contributed by atoms with van der Waals surface area (Å²) in [5.41, 5.74) is 0.234. The minimum atomic E-state index is -0.500. The number of carbonyl (C=O) groups is 1. The predicted octanol–water partition coefficient (Wildman–Crippen LogP) is 3.52. The molecule has 0 bridgehead atoms. The maximum Gasteiger partial charge on any atom is 0.284 e. The summed E-state index contributed by atoms with van der Waals surface area (Å²) in [6.07, 6.45) is 3.49. The molecular weight excluding hydrogens is 324 g/mol. The highest BCUT2D eigenvalue weighted by Gasteiger charge is 2.22. The topological polar surface area (TPSA) is 72.2 Å². The smallest absolute Gasteiger partial charge is 0.284 e. The van der Waals surface area contributed by atoms with Crippen molar-refractivity contribution < 1.29 is 9.72 Å². The molecule has 1 amide bonds. The summed E-state index contributed by atoms with van der Waals surface area (Å²) in [5.74, 6) is 1.00. The molecule has 1 aliphatic carbocycles. The molecule has 0 aliphatic heterocycles. The van der Waals surface area contributed by atoms with Crippen LogP contribution in [0.5, 0.6) is 0 Å². The van der Waals surface area contributed by atoms with E-state index in [1.807, 2.05) is 0 Å². The number of nitrogens with zero attached hydrogens (tertiary/aromatic N) is 1. The Morgan fingerprint density at radius 3 is 2.85 bits per heavy atom. The van der Waals surface area contributed by atoms with Crippen LogP contribution in [0.4, 0.5) is 5.69 Å². The monoisotopic (exact) mass is 340 g/mol. The van der Waals surface area contributed by atoms with Crippen molar-refractivity contribution >= 4 is 27.5 Å². The van der Waals surface area contributed by atoms with Crippen molar-refractivity contribution in [3.63, 3.8) is 0 Å². The lowest BCUT2D eigenvalue weighted by Crippen LogP contribution is -2.28. The van der Waals surface area contributed by atoms with Gasteiger partial charge in [-0.15, -0.1) is 0 Å². The summed E-state index contributed by atoms with van der Waals surface area (Å²) in [5, 5.41) is 13.7. The van der Waals surface area contributed by atoms with Gasteiger partial charge in [-0.25, -0.2) is 0 Å². The number of nitro benzene ring substituents is 1. The Labute approximate surface area is 126 Å². The second-order valence-corrected chi connectivity index (χ2v) is 6.27. The first-order chi connectivity index (χ1) is 9.47. The van der Waals surface area contributed by atoms with Crippen LogP contribution >= 0.6 is 15.9 Å². The van der Waals surface area contributed by atoms with Crippen LogP contribution < -0.4 is 5.32 Å². The third-order valence-corrected chi connectivity index (χ3v) is 4.43. The molecule has 1 aliphatic rings. The quantitative estimate of drug-likeness (QED) is 0.673. The molecule has 5 nitrogen and oxygen atoms in total. The zero-order chi connectivity index (χ0) is 14.7. The molecular formula is C14H17BrN2O3. The molecule has 0 saturated heterocycles. The van der Waals surface area contributed by atoms with E-state index in [1.165, 1.54) is 18.6 Å². The highest BCUT2D eigenvalue weighted by Crippen LogP contribution is 2.30. The standard InChI is InChI=1S/C14H17BrN2O3/c1-9-2-3-10(6-9)8-16-14(18)11-4-5-12(15)13(7-11)17(19)20/h4-5,7,9-10H,2-3,6,8H2,1H3,(H,16,18). The van der Waals surface area contributed by atoms with E-state index in [9.17, 15) is 14.9 Å². The summed E-state index contributed by atoms with van der Waals surface area (Å²) in [4.78, 5) is 22.4. The van der Waals surface area contributed by atoms with Gasteiger partial charge < -0.3 is 5.32 Å². The summed E-state index contributed by atoms with van der Waals surface area (Å²) in [6, 6.07) is 4.42. The summed E-state index contributed by atoms with van der Waals surface area (Å²) in [7, 11) is 0. The first-order valence-corrected chi connectivity index (χ1v) is 7.49. The van der Waals surface area contributed by atoms with Crippen LogP contribution in [0.15, 0.2) is 22.7 Å². The molecule has 1 aromatic rings. The van der Waals surface area contributed by atoms with Crippen LogP contribution in [0, 0.1) is 22.0 Å². The van der Waals surface area contributed by atoms with Crippen LogP contribution in [-0.4, -0.2) is 17.4 Å². The minimum Gasteiger partial charge on any atom is -0.352 e. The Hall–Kier alpha value is -1.43. The third kappa shape index (κ3) is 3.56. The Morgan fingerprint density at radius 2 is 2.25 bits per heavy atom. The van der Waals surface area contributed by atoms with E-state index in [4.69, 9.17) is 0 Å². The molecule has 1 aromatic carbocycles. The molecule has 2 atom stereocenters. The van der Waals surface area contributed by atoms with Crippen molar-refractivity contribution in [2.45, 2.75) is 26.2 Å². The Bertz CT molecular complexity index is 533. The van der Waals surface area contributed by atoms with Crippen LogP contribution in [0.3, 0.4) is 0 Å². The first kappa shape index (κ1) is 15.0. The molecule has 0 aromatic heterocycles. The van der Waals surface area contributed by atoms with Crippen molar-refractivity contribution in [2.24, 2.45) is 11.8 Å². The fourth-order valence-corrected chi connectivity index (χ4v) is 3.03. The van der Waals surface area contributed by atoms with Crippen molar-refractivity contribution in [2.75, 3.05) is 6.54 Å². The van der Waals surface area contributed by atoms with Gasteiger partial charge in [0.15, 0.2) is 0 Å². The highest BCUT2D eigenvalue weighted by atomic mass is 79.9. The number of carbonyl (C=O) groups excluding carboxylic acids is 1. The third-order valence-electron chi connectivity index (χ3n) is 3.76. The molecule has 1 saturated carbocycles. The molecule has 0 radical (unpaired) electrons. The highest BCUT2D eigenvalue weighted by molar-refractivity contribution is 9.10. The number of rotatable bonds is 4. The van der Waals surface area contributed by atoms with Gasteiger partial charge in [-0.2, -0.15) is 0 Å². The summed E-state index contributed by atoms with van der Waals surface area (Å²) < 4.78 is 0.378. The second-order valence-electron chi connectivity index (χ2n) is 5.42.